The third-order valence-electron chi connectivity index (χ3n) is 16.6. The van der Waals surface area contributed by atoms with Crippen LogP contribution in [0.25, 0.3) is 21.8 Å². The molecule has 97 heavy (non-hydrogen) atoms. The number of halogens is 4. The Bertz CT molecular complexity index is 5220. The Labute approximate surface area is 582 Å². The average molecular weight is 1480 g/mol. The third kappa shape index (κ3) is 14.6. The van der Waals surface area contributed by atoms with Gasteiger partial charge in [-0.15, -0.1) is 0 Å². The highest BCUT2D eigenvalue weighted by molar-refractivity contribution is 9.10. The smallest absolute Gasteiger partial charge is 0.337 e. The zero-order valence-corrected chi connectivity index (χ0v) is 56.8. The highest BCUT2D eigenvalue weighted by Crippen LogP contribution is 2.56. The zero-order chi connectivity index (χ0) is 69.3. The van der Waals surface area contributed by atoms with E-state index in [2.05, 4.69) is 30.9 Å². The molecule has 4 aliphatic rings. The van der Waals surface area contributed by atoms with E-state index in [0.29, 0.717) is 92.2 Å². The number of nitrogens with one attached hydrogen (secondary N) is 1. The second kappa shape index (κ2) is 28.1. The van der Waals surface area contributed by atoms with Gasteiger partial charge in [0.15, 0.2) is 11.4 Å². The second-order valence-electron chi connectivity index (χ2n) is 22.6. The van der Waals surface area contributed by atoms with Crippen molar-refractivity contribution in [2.75, 3.05) is 37.9 Å². The molecule has 0 aromatic heterocycles. The molecular weight excluding hydrogens is 1430 g/mol. The van der Waals surface area contributed by atoms with Gasteiger partial charge in [-0.3, -0.25) is 17.7 Å². The molecule has 1 saturated carbocycles. The molecule has 2 atom stereocenters. The lowest BCUT2D eigenvalue weighted by atomic mass is 9.99. The molecule has 490 valence electrons. The first kappa shape index (κ1) is 68.6. The Morgan fingerprint density at radius 2 is 0.979 bits per heavy atom. The number of carbonyl (C=O) groups is 4. The van der Waals surface area contributed by atoms with Crippen LogP contribution in [0, 0.1) is 13.1 Å². The SMILES string of the molecule is O=C(Nc1ccc(Br)cc1C(=O)O)c1ccc(S(=O)(=O)N2CCc3cc(Cl)ccc32)cc1.[C-]#[N+]c1ccc(/C=C/c2cccc(S(=O)(=O)N3CCc4cc(Cl)ccc43)c2)c(C(=O)O)c1.[C-]#[N+]c1ccc(C2CC2c2cccc(S(=O)(=O)N3CCc4cc(Cl)ccc43)c2)c(C(=O)O)c1. The summed E-state index contributed by atoms with van der Waals surface area (Å²) in [6.45, 7) is 15.2. The minimum absolute atomic E-state index is 0.00543. The van der Waals surface area contributed by atoms with Gasteiger partial charge in [0.05, 0.1) is 67.3 Å². The summed E-state index contributed by atoms with van der Waals surface area (Å²) in [5, 5.41) is 32.6. The number of nitrogens with zero attached hydrogens (tertiary/aromatic N) is 5. The van der Waals surface area contributed by atoms with Gasteiger partial charge in [-0.25, -0.2) is 49.3 Å². The maximum atomic E-state index is 13.4. The molecule has 1 aliphatic carbocycles. The summed E-state index contributed by atoms with van der Waals surface area (Å²) in [6.07, 6.45) is 5.73. The minimum Gasteiger partial charge on any atom is -0.478 e. The summed E-state index contributed by atoms with van der Waals surface area (Å²) in [5.74, 6) is -3.94. The normalized spacial score (nSPS) is 15.1. The number of amides is 1. The fourth-order valence-electron chi connectivity index (χ4n) is 11.8. The fourth-order valence-corrected chi connectivity index (χ4v) is 17.3. The molecule has 13 rings (SSSR count). The van der Waals surface area contributed by atoms with Crippen LogP contribution in [0.1, 0.15) is 98.6 Å². The van der Waals surface area contributed by atoms with Crippen LogP contribution in [-0.2, 0) is 49.3 Å². The van der Waals surface area contributed by atoms with Crippen molar-refractivity contribution in [3.05, 3.63) is 286 Å². The summed E-state index contributed by atoms with van der Waals surface area (Å²) in [5.41, 5.74) is 8.01. The van der Waals surface area contributed by atoms with E-state index in [1.807, 2.05) is 6.07 Å². The van der Waals surface area contributed by atoms with Gasteiger partial charge in [-0.2, -0.15) is 0 Å². The lowest BCUT2D eigenvalue weighted by molar-refractivity contribution is 0.0685. The molecular formula is C71H52BrCl3N6O13S3. The van der Waals surface area contributed by atoms with E-state index in [1.54, 1.807) is 127 Å². The summed E-state index contributed by atoms with van der Waals surface area (Å²) >= 11 is 21.3. The molecule has 26 heteroatoms. The number of carboxylic acids is 3. The van der Waals surface area contributed by atoms with Crippen molar-refractivity contribution in [3.63, 3.8) is 0 Å². The molecule has 2 unspecified atom stereocenters. The van der Waals surface area contributed by atoms with Crippen molar-refractivity contribution in [2.45, 2.75) is 52.2 Å². The fraction of sp³-hybridized carbons (Fsp3) is 0.127. The van der Waals surface area contributed by atoms with Gasteiger partial charge >= 0.3 is 17.9 Å². The quantitative estimate of drug-likeness (QED) is 0.0550. The predicted molar refractivity (Wildman–Crippen MR) is 376 cm³/mol. The van der Waals surface area contributed by atoms with Crippen LogP contribution in [0.15, 0.2) is 201 Å². The number of hydrogen-bond acceptors (Lipinski definition) is 10. The number of hydrogen-bond donors (Lipinski definition) is 4. The lowest BCUT2D eigenvalue weighted by Crippen LogP contribution is -2.29. The van der Waals surface area contributed by atoms with Crippen LogP contribution in [-0.4, -0.2) is 84.0 Å². The van der Waals surface area contributed by atoms with E-state index in [-0.39, 0.29) is 65.8 Å². The van der Waals surface area contributed by atoms with Crippen LogP contribution in [0.3, 0.4) is 0 Å². The van der Waals surface area contributed by atoms with Crippen molar-refractivity contribution >= 4 is 151 Å². The standard InChI is InChI=1S/C25H19ClN2O4S.C24H17ClN2O4S.C22H16BrClN2O5S/c1-27-18-6-7-20(23(13-18)25(29)30)22-14-21(22)15-3-2-4-19(12-15)33(31,32)28-10-9-16-11-17(26)5-8-24(16)28;1-26-20-9-7-17(22(15-20)24(28)29)6-5-16-3-2-4-21(13-16)32(30,31)27-12-11-18-14-19(25)8-10-23(18)27;23-15-3-7-19(18(12-15)22(28)29)25-21(27)13-1-5-17(6-2-13)32(30,31)26-10-9-14-11-16(24)4-8-20(14)26/h2-8,11-13,21-22H,9-10,14H2,(H,29,30);2-10,13-15H,11-12H2,(H,28,29);1-8,11-12H,9-10H2,(H,25,27)(H,28,29)/b;6-5+;. The van der Waals surface area contributed by atoms with E-state index in [1.165, 1.54) is 73.6 Å². The maximum Gasteiger partial charge on any atom is 0.337 e. The van der Waals surface area contributed by atoms with E-state index in [4.69, 9.17) is 47.9 Å². The number of anilines is 4. The molecule has 3 heterocycles. The van der Waals surface area contributed by atoms with Gasteiger partial charge in [0.25, 0.3) is 36.0 Å². The van der Waals surface area contributed by atoms with Gasteiger partial charge in [0.2, 0.25) is 0 Å². The molecule has 9 aromatic carbocycles. The van der Waals surface area contributed by atoms with Crippen molar-refractivity contribution in [2.24, 2.45) is 0 Å². The summed E-state index contributed by atoms with van der Waals surface area (Å²) in [4.78, 5) is 54.3. The molecule has 19 nitrogen and oxygen atoms in total. The Kier molecular flexibility index (Phi) is 19.9. The van der Waals surface area contributed by atoms with Gasteiger partial charge in [-0.05, 0) is 210 Å². The number of carbonyl (C=O) groups excluding carboxylic acids is 1. The molecule has 0 saturated heterocycles. The summed E-state index contributed by atoms with van der Waals surface area (Å²) < 4.78 is 84.4. The van der Waals surface area contributed by atoms with Gasteiger partial charge in [-0.1, -0.05) is 111 Å². The number of rotatable bonds is 15. The number of aromatic carboxylic acids is 3. The van der Waals surface area contributed by atoms with Crippen LogP contribution >= 0.6 is 50.7 Å². The van der Waals surface area contributed by atoms with Crippen LogP contribution < -0.4 is 18.2 Å². The summed E-state index contributed by atoms with van der Waals surface area (Å²) in [6, 6.07) is 48.0. The third-order valence-corrected chi connectivity index (χ3v) is 23.3. The topological polar surface area (TPSA) is 262 Å². The zero-order valence-electron chi connectivity index (χ0n) is 50.5. The molecule has 4 N–H and O–H groups in total. The molecule has 9 aromatic rings. The summed E-state index contributed by atoms with van der Waals surface area (Å²) in [7, 11) is -11.3. The number of benzene rings is 9. The molecule has 3 aliphatic heterocycles. The van der Waals surface area contributed by atoms with E-state index in [0.717, 1.165) is 28.7 Å². The molecule has 1 amide bonds. The number of sulfonamides is 3. The Morgan fingerprint density at radius 3 is 1.49 bits per heavy atom. The van der Waals surface area contributed by atoms with Crippen molar-refractivity contribution < 1.29 is 59.8 Å². The number of carboxylic acid groups (broad SMARTS) is 3. The highest BCUT2D eigenvalue weighted by atomic mass is 79.9. The van der Waals surface area contributed by atoms with Crippen LogP contribution in [0.4, 0.5) is 34.1 Å². The molecule has 1 fully saturated rings. The lowest BCUT2D eigenvalue weighted by Gasteiger charge is -2.20. The maximum absolute atomic E-state index is 13.4. The molecule has 0 spiro atoms. The van der Waals surface area contributed by atoms with E-state index >= 15 is 0 Å². The van der Waals surface area contributed by atoms with Crippen molar-refractivity contribution in [3.8, 4) is 0 Å². The average Bonchev–Trinajstić information content (AvgIpc) is 1.65. The Hall–Kier alpha value is -9.82. The predicted octanol–water partition coefficient (Wildman–Crippen LogP) is 15.9. The van der Waals surface area contributed by atoms with Gasteiger partial charge < -0.3 is 20.6 Å². The van der Waals surface area contributed by atoms with Gasteiger partial charge in [0.1, 0.15) is 0 Å². The Balaban J connectivity index is 0.000000148. The van der Waals surface area contributed by atoms with E-state index < -0.39 is 53.9 Å². The first-order valence-corrected chi connectivity index (χ1v) is 35.8. The Morgan fingerprint density at radius 1 is 0.495 bits per heavy atom. The first-order valence-electron chi connectivity index (χ1n) is 29.5. The minimum atomic E-state index is -3.81. The highest BCUT2D eigenvalue weighted by Gasteiger charge is 2.42. The molecule has 0 radical (unpaired) electrons. The monoisotopic (exact) mass is 1480 g/mol. The van der Waals surface area contributed by atoms with Crippen molar-refractivity contribution in [1.82, 2.24) is 0 Å². The molecule has 0 bridgehead atoms. The second-order valence-corrected chi connectivity index (χ2v) is 30.4. The first-order chi connectivity index (χ1) is 46.2. The van der Waals surface area contributed by atoms with Crippen LogP contribution in [0.2, 0.25) is 15.1 Å². The van der Waals surface area contributed by atoms with Gasteiger partial charge in [0, 0.05) is 44.7 Å². The number of fused-ring (bicyclic) bond motifs is 3. The van der Waals surface area contributed by atoms with Crippen molar-refractivity contribution in [1.29, 1.82) is 0 Å². The van der Waals surface area contributed by atoms with E-state index in [9.17, 15) is 59.8 Å². The van der Waals surface area contributed by atoms with Crippen LogP contribution in [0.5, 0.6) is 0 Å². The largest absolute Gasteiger partial charge is 0.478 e.